The number of hydrogen-bond acceptors (Lipinski definition) is 4. The van der Waals surface area contributed by atoms with Gasteiger partial charge in [-0.25, -0.2) is 0 Å². The molecule has 0 bridgehead atoms. The van der Waals surface area contributed by atoms with E-state index in [2.05, 4.69) is 10.6 Å². The molecule has 0 unspecified atom stereocenters. The van der Waals surface area contributed by atoms with Crippen LogP contribution in [-0.2, 0) is 4.79 Å². The number of benzene rings is 3. The highest BCUT2D eigenvalue weighted by molar-refractivity contribution is 8.00. The lowest BCUT2D eigenvalue weighted by molar-refractivity contribution is -0.113. The molecule has 6 heteroatoms. The van der Waals surface area contributed by atoms with Gasteiger partial charge in [0.1, 0.15) is 5.75 Å². The number of thioether (sulfide) groups is 1. The second kappa shape index (κ2) is 9.98. The maximum Gasteiger partial charge on any atom is 0.255 e. The maximum atomic E-state index is 12.4. The minimum absolute atomic E-state index is 0.0534. The first-order valence-electron chi connectivity index (χ1n) is 9.50. The number of anilines is 2. The minimum atomic E-state index is -0.206. The van der Waals surface area contributed by atoms with Crippen molar-refractivity contribution in [1.82, 2.24) is 0 Å². The van der Waals surface area contributed by atoms with Gasteiger partial charge in [-0.15, -0.1) is 11.8 Å². The number of aryl methyl sites for hydroxylation is 2. The maximum absolute atomic E-state index is 12.4. The molecule has 0 aromatic heterocycles. The Bertz CT molecular complexity index is 1050. The number of hydrogen-bond donors (Lipinski definition) is 2. The van der Waals surface area contributed by atoms with Gasteiger partial charge in [-0.1, -0.05) is 23.8 Å². The number of ether oxygens (including phenoxy) is 1. The Hall–Kier alpha value is -3.25. The summed E-state index contributed by atoms with van der Waals surface area (Å²) in [5.74, 6) is 0.682. The molecule has 0 radical (unpaired) electrons. The van der Waals surface area contributed by atoms with Crippen LogP contribution in [0.25, 0.3) is 0 Å². The van der Waals surface area contributed by atoms with E-state index in [0.29, 0.717) is 22.8 Å². The Balaban J connectivity index is 1.52. The van der Waals surface area contributed by atoms with E-state index in [1.54, 1.807) is 31.4 Å². The summed E-state index contributed by atoms with van der Waals surface area (Å²) in [6.45, 7) is 4.01. The van der Waals surface area contributed by atoms with Crippen molar-refractivity contribution < 1.29 is 14.3 Å². The summed E-state index contributed by atoms with van der Waals surface area (Å²) in [5, 5.41) is 5.81. The first-order valence-corrected chi connectivity index (χ1v) is 10.5. The van der Waals surface area contributed by atoms with Crippen LogP contribution >= 0.6 is 11.8 Å². The SMILES string of the molecule is COc1cccc(C(=O)Nc2ccc(SCC(=O)Nc3ccc(C)cc3C)cc2)c1. The molecule has 0 fully saturated rings. The summed E-state index contributed by atoms with van der Waals surface area (Å²) < 4.78 is 5.15. The fourth-order valence-corrected chi connectivity index (χ4v) is 3.59. The van der Waals surface area contributed by atoms with Gasteiger partial charge < -0.3 is 15.4 Å². The van der Waals surface area contributed by atoms with E-state index in [4.69, 9.17) is 4.74 Å². The number of carbonyl (C=O) groups excluding carboxylic acids is 2. The first-order chi connectivity index (χ1) is 14.4. The van der Waals surface area contributed by atoms with Crippen LogP contribution < -0.4 is 15.4 Å². The Morgan fingerprint density at radius 2 is 1.70 bits per heavy atom. The molecule has 0 saturated carbocycles. The lowest BCUT2D eigenvalue weighted by atomic mass is 10.1. The monoisotopic (exact) mass is 420 g/mol. The predicted octanol–water partition coefficient (Wildman–Crippen LogP) is 5.30. The zero-order valence-electron chi connectivity index (χ0n) is 17.2. The van der Waals surface area contributed by atoms with Gasteiger partial charge in [0.15, 0.2) is 0 Å². The van der Waals surface area contributed by atoms with Crippen molar-refractivity contribution in [2.24, 2.45) is 0 Å². The zero-order valence-corrected chi connectivity index (χ0v) is 18.0. The van der Waals surface area contributed by atoms with Gasteiger partial charge in [-0.2, -0.15) is 0 Å². The van der Waals surface area contributed by atoms with Crippen molar-refractivity contribution in [3.05, 3.63) is 83.4 Å². The Morgan fingerprint density at radius 1 is 0.933 bits per heavy atom. The average molecular weight is 421 g/mol. The second-order valence-corrected chi connectivity index (χ2v) is 7.91. The highest BCUT2D eigenvalue weighted by Crippen LogP contribution is 2.22. The second-order valence-electron chi connectivity index (χ2n) is 6.87. The molecule has 0 spiro atoms. The Kier molecular flexibility index (Phi) is 7.14. The van der Waals surface area contributed by atoms with Gasteiger partial charge in [0.25, 0.3) is 5.91 Å². The van der Waals surface area contributed by atoms with Crippen LogP contribution in [0.5, 0.6) is 5.75 Å². The molecule has 0 aliphatic carbocycles. The fourth-order valence-electron chi connectivity index (χ4n) is 2.89. The van der Waals surface area contributed by atoms with Crippen LogP contribution in [0, 0.1) is 13.8 Å². The van der Waals surface area contributed by atoms with E-state index >= 15 is 0 Å². The minimum Gasteiger partial charge on any atom is -0.497 e. The van der Waals surface area contributed by atoms with Crippen molar-refractivity contribution in [2.45, 2.75) is 18.7 Å². The number of amides is 2. The number of nitrogens with one attached hydrogen (secondary N) is 2. The summed E-state index contributed by atoms with van der Waals surface area (Å²) in [4.78, 5) is 25.6. The van der Waals surface area contributed by atoms with Gasteiger partial charge >= 0.3 is 0 Å². The molecule has 3 aromatic carbocycles. The number of carbonyl (C=O) groups is 2. The molecule has 154 valence electrons. The molecule has 0 aliphatic heterocycles. The first kappa shape index (κ1) is 21.5. The standard InChI is InChI=1S/C24H24N2O3S/c1-16-7-12-22(17(2)13-16)26-23(27)15-30-21-10-8-19(9-11-21)25-24(28)18-5-4-6-20(14-18)29-3/h4-14H,15H2,1-3H3,(H,25,28)(H,26,27). The number of rotatable bonds is 7. The van der Waals surface area contributed by atoms with Crippen molar-refractivity contribution >= 4 is 35.0 Å². The Labute approximate surface area is 180 Å². The third kappa shape index (κ3) is 5.87. The predicted molar refractivity (Wildman–Crippen MR) is 123 cm³/mol. The summed E-state index contributed by atoms with van der Waals surface area (Å²) in [6.07, 6.45) is 0. The van der Waals surface area contributed by atoms with Gasteiger partial charge in [0.2, 0.25) is 5.91 Å². The fraction of sp³-hybridized carbons (Fsp3) is 0.167. The molecular weight excluding hydrogens is 396 g/mol. The van der Waals surface area contributed by atoms with Crippen molar-refractivity contribution in [2.75, 3.05) is 23.5 Å². The molecular formula is C24H24N2O3S. The third-order valence-corrected chi connectivity index (χ3v) is 5.48. The van der Waals surface area contributed by atoms with Crippen LogP contribution in [0.3, 0.4) is 0 Å². The molecule has 2 amide bonds. The lowest BCUT2D eigenvalue weighted by Gasteiger charge is -2.10. The molecule has 30 heavy (non-hydrogen) atoms. The topological polar surface area (TPSA) is 67.4 Å². The smallest absolute Gasteiger partial charge is 0.255 e. The lowest BCUT2D eigenvalue weighted by Crippen LogP contribution is -2.14. The van der Waals surface area contributed by atoms with E-state index < -0.39 is 0 Å². The van der Waals surface area contributed by atoms with Gasteiger partial charge in [-0.3, -0.25) is 9.59 Å². The zero-order chi connectivity index (χ0) is 21.5. The van der Waals surface area contributed by atoms with Crippen LogP contribution in [0.4, 0.5) is 11.4 Å². The molecule has 0 saturated heterocycles. The normalized spacial score (nSPS) is 10.4. The third-order valence-electron chi connectivity index (χ3n) is 4.47. The van der Waals surface area contributed by atoms with E-state index in [0.717, 1.165) is 16.1 Å². The quantitative estimate of drug-likeness (QED) is 0.509. The Morgan fingerprint density at radius 3 is 2.40 bits per heavy atom. The summed E-state index contributed by atoms with van der Waals surface area (Å²) in [5.41, 5.74) is 4.26. The van der Waals surface area contributed by atoms with Crippen LogP contribution in [-0.4, -0.2) is 24.7 Å². The van der Waals surface area contributed by atoms with Crippen molar-refractivity contribution in [1.29, 1.82) is 0 Å². The summed E-state index contributed by atoms with van der Waals surface area (Å²) in [6, 6.07) is 20.3. The molecule has 2 N–H and O–H groups in total. The highest BCUT2D eigenvalue weighted by atomic mass is 32.2. The highest BCUT2D eigenvalue weighted by Gasteiger charge is 2.09. The van der Waals surface area contributed by atoms with E-state index in [9.17, 15) is 9.59 Å². The van der Waals surface area contributed by atoms with E-state index in [1.165, 1.54) is 17.3 Å². The van der Waals surface area contributed by atoms with Crippen LogP contribution in [0.2, 0.25) is 0 Å². The number of methoxy groups -OCH3 is 1. The molecule has 3 rings (SSSR count). The van der Waals surface area contributed by atoms with E-state index in [-0.39, 0.29) is 11.8 Å². The van der Waals surface area contributed by atoms with Crippen LogP contribution in [0.15, 0.2) is 71.6 Å². The van der Waals surface area contributed by atoms with Gasteiger partial charge in [0, 0.05) is 21.8 Å². The summed E-state index contributed by atoms with van der Waals surface area (Å²) >= 11 is 1.44. The van der Waals surface area contributed by atoms with Crippen LogP contribution in [0.1, 0.15) is 21.5 Å². The van der Waals surface area contributed by atoms with Gasteiger partial charge in [0.05, 0.1) is 12.9 Å². The molecule has 0 atom stereocenters. The molecule has 0 aliphatic rings. The molecule has 3 aromatic rings. The largest absolute Gasteiger partial charge is 0.497 e. The van der Waals surface area contributed by atoms with Crippen molar-refractivity contribution in [3.63, 3.8) is 0 Å². The summed E-state index contributed by atoms with van der Waals surface area (Å²) in [7, 11) is 1.57. The molecule has 5 nitrogen and oxygen atoms in total. The molecule has 0 heterocycles. The average Bonchev–Trinajstić information content (AvgIpc) is 2.75. The van der Waals surface area contributed by atoms with E-state index in [1.807, 2.05) is 56.3 Å². The van der Waals surface area contributed by atoms with Gasteiger partial charge in [-0.05, 0) is 67.9 Å². The van der Waals surface area contributed by atoms with Crippen molar-refractivity contribution in [3.8, 4) is 5.75 Å².